The van der Waals surface area contributed by atoms with Gasteiger partial charge in [-0.3, -0.25) is 0 Å². The third-order valence-electron chi connectivity index (χ3n) is 6.36. The zero-order valence-corrected chi connectivity index (χ0v) is 15.3. The summed E-state index contributed by atoms with van der Waals surface area (Å²) < 4.78 is 0. The number of fused-ring (bicyclic) bond motifs is 3. The van der Waals surface area contributed by atoms with Crippen molar-refractivity contribution >= 4 is 27.5 Å². The zero-order valence-electron chi connectivity index (χ0n) is 15.3. The Hall–Kier alpha value is -2.13. The van der Waals surface area contributed by atoms with Crippen molar-refractivity contribution in [1.82, 2.24) is 9.88 Å². The molecule has 2 unspecified atom stereocenters. The van der Waals surface area contributed by atoms with Gasteiger partial charge >= 0.3 is 0 Å². The summed E-state index contributed by atoms with van der Waals surface area (Å²) >= 11 is 0. The van der Waals surface area contributed by atoms with Gasteiger partial charge in [-0.15, -0.1) is 0 Å². The fourth-order valence-electron chi connectivity index (χ4n) is 5.08. The van der Waals surface area contributed by atoms with Gasteiger partial charge in [-0.25, -0.2) is 4.98 Å². The molecule has 2 aliphatic rings. The highest BCUT2D eigenvalue weighted by Crippen LogP contribution is 2.34. The number of benzene rings is 2. The quantitative estimate of drug-likeness (QED) is 0.672. The van der Waals surface area contributed by atoms with E-state index in [1.807, 2.05) is 0 Å². The molecule has 2 aromatic carbocycles. The molecule has 26 heavy (non-hydrogen) atoms. The number of para-hydroxylation sites is 2. The summed E-state index contributed by atoms with van der Waals surface area (Å²) in [7, 11) is 0. The average molecular weight is 345 g/mol. The number of nitrogens with zero attached hydrogens (tertiary/aromatic N) is 2. The Morgan fingerprint density at radius 3 is 2.31 bits per heavy atom. The second-order valence-corrected chi connectivity index (χ2v) is 7.90. The van der Waals surface area contributed by atoms with E-state index in [4.69, 9.17) is 4.98 Å². The summed E-state index contributed by atoms with van der Waals surface area (Å²) in [5.41, 5.74) is 3.42. The van der Waals surface area contributed by atoms with Gasteiger partial charge in [-0.2, -0.15) is 0 Å². The van der Waals surface area contributed by atoms with Crippen LogP contribution in [-0.2, 0) is 0 Å². The van der Waals surface area contributed by atoms with Crippen LogP contribution in [0, 0.1) is 5.92 Å². The van der Waals surface area contributed by atoms with Crippen LogP contribution < -0.4 is 5.32 Å². The number of hydrogen-bond acceptors (Lipinski definition) is 3. The van der Waals surface area contributed by atoms with Crippen LogP contribution in [0.2, 0.25) is 0 Å². The van der Waals surface area contributed by atoms with Crippen molar-refractivity contribution in [3.63, 3.8) is 0 Å². The zero-order chi connectivity index (χ0) is 17.3. The van der Waals surface area contributed by atoms with Gasteiger partial charge in [0, 0.05) is 23.4 Å². The molecule has 0 aliphatic carbocycles. The second-order valence-electron chi connectivity index (χ2n) is 7.90. The van der Waals surface area contributed by atoms with E-state index in [1.165, 1.54) is 61.7 Å². The topological polar surface area (TPSA) is 28.2 Å². The van der Waals surface area contributed by atoms with Gasteiger partial charge in [0.05, 0.1) is 16.7 Å². The van der Waals surface area contributed by atoms with Crippen molar-refractivity contribution in [1.29, 1.82) is 0 Å². The van der Waals surface area contributed by atoms with Crippen LogP contribution in [0.1, 0.15) is 32.1 Å². The van der Waals surface area contributed by atoms with Crippen LogP contribution in [0.5, 0.6) is 0 Å². The summed E-state index contributed by atoms with van der Waals surface area (Å²) in [5.74, 6) is 0.759. The molecule has 0 bridgehead atoms. The van der Waals surface area contributed by atoms with Crippen molar-refractivity contribution in [3.8, 4) is 0 Å². The predicted octanol–water partition coefficient (Wildman–Crippen LogP) is 5.06. The van der Waals surface area contributed by atoms with E-state index in [-0.39, 0.29) is 0 Å². The minimum Gasteiger partial charge on any atom is -0.384 e. The number of piperidine rings is 2. The van der Waals surface area contributed by atoms with E-state index in [0.717, 1.165) is 29.5 Å². The fourth-order valence-corrected chi connectivity index (χ4v) is 5.08. The number of nitrogens with one attached hydrogen (secondary N) is 1. The van der Waals surface area contributed by atoms with Gasteiger partial charge in [0.2, 0.25) is 0 Å². The third kappa shape index (κ3) is 2.84. The first kappa shape index (κ1) is 16.1. The molecule has 134 valence electrons. The monoisotopic (exact) mass is 345 g/mol. The van der Waals surface area contributed by atoms with Crippen LogP contribution in [0.3, 0.4) is 0 Å². The smallest absolute Gasteiger partial charge is 0.0730 e. The van der Waals surface area contributed by atoms with Crippen LogP contribution >= 0.6 is 0 Å². The Morgan fingerprint density at radius 2 is 1.54 bits per heavy atom. The van der Waals surface area contributed by atoms with Gasteiger partial charge in [0.1, 0.15) is 0 Å². The molecule has 1 aromatic heterocycles. The lowest BCUT2D eigenvalue weighted by Gasteiger charge is -2.44. The minimum atomic E-state index is 0.759. The van der Waals surface area contributed by atoms with Crippen LogP contribution in [-0.4, -0.2) is 35.6 Å². The Bertz CT molecular complexity index is 864. The molecule has 3 heterocycles. The predicted molar refractivity (Wildman–Crippen MR) is 110 cm³/mol. The first-order valence-electron chi connectivity index (χ1n) is 10.2. The first-order chi connectivity index (χ1) is 12.9. The van der Waals surface area contributed by atoms with E-state index < -0.39 is 0 Å². The normalized spacial score (nSPS) is 23.8. The van der Waals surface area contributed by atoms with Gasteiger partial charge in [0.15, 0.2) is 0 Å². The molecule has 3 aromatic rings. The molecule has 1 N–H and O–H groups in total. The highest BCUT2D eigenvalue weighted by atomic mass is 15.2. The summed E-state index contributed by atoms with van der Waals surface area (Å²) in [6, 6.07) is 17.8. The van der Waals surface area contributed by atoms with Crippen molar-refractivity contribution in [3.05, 3.63) is 48.5 Å². The number of hydrogen-bond donors (Lipinski definition) is 1. The lowest BCUT2D eigenvalue weighted by molar-refractivity contribution is 0.0649. The molecule has 3 heteroatoms. The summed E-state index contributed by atoms with van der Waals surface area (Å²) in [4.78, 5) is 7.60. The largest absolute Gasteiger partial charge is 0.384 e. The van der Waals surface area contributed by atoms with E-state index in [9.17, 15) is 0 Å². The summed E-state index contributed by atoms with van der Waals surface area (Å²) in [6.07, 6.45) is 6.87. The Morgan fingerprint density at radius 1 is 0.846 bits per heavy atom. The maximum absolute atomic E-state index is 4.85. The minimum absolute atomic E-state index is 0.759. The van der Waals surface area contributed by atoms with E-state index in [1.54, 1.807) is 0 Å². The van der Waals surface area contributed by atoms with Crippen molar-refractivity contribution in [2.24, 2.45) is 5.92 Å². The van der Waals surface area contributed by atoms with Gasteiger partial charge in [-0.05, 0) is 56.8 Å². The Balaban J connectivity index is 1.48. The number of aromatic nitrogens is 1. The maximum atomic E-state index is 4.85. The van der Waals surface area contributed by atoms with E-state index in [0.29, 0.717) is 0 Å². The van der Waals surface area contributed by atoms with Crippen molar-refractivity contribution < 1.29 is 0 Å². The van der Waals surface area contributed by atoms with Gasteiger partial charge in [0.25, 0.3) is 0 Å². The fraction of sp³-hybridized carbons (Fsp3) is 0.435. The molecule has 2 aliphatic heterocycles. The van der Waals surface area contributed by atoms with Crippen LogP contribution in [0.25, 0.3) is 21.8 Å². The average Bonchev–Trinajstić information content (AvgIpc) is 2.71. The number of anilines is 1. The highest BCUT2D eigenvalue weighted by Gasteiger charge is 2.32. The van der Waals surface area contributed by atoms with Crippen LogP contribution in [0.15, 0.2) is 48.5 Å². The molecule has 2 fully saturated rings. The molecule has 0 radical (unpaired) electrons. The summed E-state index contributed by atoms with van der Waals surface area (Å²) in [5, 5.41) is 6.34. The Kier molecular flexibility index (Phi) is 4.25. The molecule has 0 saturated carbocycles. The van der Waals surface area contributed by atoms with Crippen LogP contribution in [0.4, 0.5) is 5.69 Å². The molecule has 2 atom stereocenters. The first-order valence-corrected chi connectivity index (χ1v) is 10.2. The third-order valence-corrected chi connectivity index (χ3v) is 6.36. The standard InChI is InChI=1S/C23H27N3/c1-3-11-20-18(9-1)23(19-10-2-4-12-21(19)25-20)24-16-17-8-7-15-26-14-6-5-13-22(17)26/h1-4,9-12,17,22H,5-8,13-16H2,(H,24,25). The molecule has 3 nitrogen and oxygen atoms in total. The molecular formula is C23H27N3. The van der Waals surface area contributed by atoms with E-state index >= 15 is 0 Å². The molecule has 5 rings (SSSR count). The molecule has 0 spiro atoms. The molecule has 2 saturated heterocycles. The van der Waals surface area contributed by atoms with E-state index in [2.05, 4.69) is 58.7 Å². The Labute approximate surface area is 155 Å². The maximum Gasteiger partial charge on any atom is 0.0730 e. The van der Waals surface area contributed by atoms with Gasteiger partial charge in [-0.1, -0.05) is 42.8 Å². The lowest BCUT2D eigenvalue weighted by atomic mass is 9.83. The number of rotatable bonds is 3. The SMILES string of the molecule is c1ccc2c(NCC3CCCN4CCCCC34)c3ccccc3nc2c1. The molecular weight excluding hydrogens is 318 g/mol. The molecule has 0 amide bonds. The number of pyridine rings is 1. The van der Waals surface area contributed by atoms with Gasteiger partial charge < -0.3 is 10.2 Å². The highest BCUT2D eigenvalue weighted by molar-refractivity contribution is 6.07. The lowest BCUT2D eigenvalue weighted by Crippen LogP contribution is -2.49. The second kappa shape index (κ2) is 6.88. The van der Waals surface area contributed by atoms with Crippen molar-refractivity contribution in [2.45, 2.75) is 38.1 Å². The van der Waals surface area contributed by atoms with Crippen molar-refractivity contribution in [2.75, 3.05) is 25.0 Å². The summed E-state index contributed by atoms with van der Waals surface area (Å²) in [6.45, 7) is 3.68.